The van der Waals surface area contributed by atoms with Crippen molar-refractivity contribution in [3.63, 3.8) is 0 Å². The van der Waals surface area contributed by atoms with Crippen molar-refractivity contribution < 1.29 is 4.79 Å². The first kappa shape index (κ1) is 20.1. The number of hydrogen-bond acceptors (Lipinski definition) is 3. The molecule has 3 rings (SSSR count). The minimum Gasteiger partial charge on any atom is -0.332 e. The van der Waals surface area contributed by atoms with Gasteiger partial charge in [-0.15, -0.1) is 0 Å². The molecule has 0 spiro atoms. The van der Waals surface area contributed by atoms with E-state index >= 15 is 0 Å². The Kier molecular flexibility index (Phi) is 5.82. The lowest BCUT2D eigenvalue weighted by atomic mass is 10.0. The van der Waals surface area contributed by atoms with Crippen LogP contribution in [0.4, 0.5) is 0 Å². The summed E-state index contributed by atoms with van der Waals surface area (Å²) in [6, 6.07) is 12.3. The third kappa shape index (κ3) is 3.93. The Morgan fingerprint density at radius 1 is 1.07 bits per heavy atom. The Balaban J connectivity index is 2.10. The van der Waals surface area contributed by atoms with Gasteiger partial charge in [0.15, 0.2) is 5.65 Å². The van der Waals surface area contributed by atoms with Crippen LogP contribution in [-0.4, -0.2) is 31.6 Å². The zero-order valence-corrected chi connectivity index (χ0v) is 17.7. The van der Waals surface area contributed by atoms with Gasteiger partial charge in [0.2, 0.25) is 0 Å². The second kappa shape index (κ2) is 8.13. The van der Waals surface area contributed by atoms with E-state index in [1.54, 1.807) is 6.20 Å². The normalized spacial score (nSPS) is 11.8. The van der Waals surface area contributed by atoms with Crippen molar-refractivity contribution in [3.8, 4) is 0 Å². The highest BCUT2D eigenvalue weighted by molar-refractivity contribution is 6.05. The summed E-state index contributed by atoms with van der Waals surface area (Å²) in [5.41, 5.74) is 3.51. The Morgan fingerprint density at radius 3 is 2.32 bits per heavy atom. The predicted molar refractivity (Wildman–Crippen MR) is 113 cm³/mol. The van der Waals surface area contributed by atoms with Crippen molar-refractivity contribution in [2.24, 2.45) is 0 Å². The van der Waals surface area contributed by atoms with Crippen LogP contribution in [0.5, 0.6) is 0 Å². The maximum Gasteiger partial charge on any atom is 0.255 e. The fourth-order valence-electron chi connectivity index (χ4n) is 3.31. The van der Waals surface area contributed by atoms with E-state index in [1.807, 2.05) is 33.8 Å². The second-order valence-electron chi connectivity index (χ2n) is 8.18. The Labute approximate surface area is 167 Å². The molecule has 0 N–H and O–H groups in total. The average Bonchev–Trinajstić information content (AvgIpc) is 3.09. The molecule has 5 heteroatoms. The highest BCUT2D eigenvalue weighted by atomic mass is 16.2. The molecule has 2 heterocycles. The average molecular weight is 379 g/mol. The van der Waals surface area contributed by atoms with E-state index < -0.39 is 0 Å². The van der Waals surface area contributed by atoms with Crippen molar-refractivity contribution in [1.29, 1.82) is 0 Å². The lowest BCUT2D eigenvalue weighted by Crippen LogP contribution is -2.36. The zero-order valence-electron chi connectivity index (χ0n) is 17.7. The first-order chi connectivity index (χ1) is 13.3. The van der Waals surface area contributed by atoms with Gasteiger partial charge in [0.25, 0.3) is 5.91 Å². The van der Waals surface area contributed by atoms with E-state index in [-0.39, 0.29) is 23.9 Å². The number of pyridine rings is 1. The molecule has 0 aliphatic heterocycles. The molecule has 0 fully saturated rings. The molecule has 0 saturated carbocycles. The number of rotatable bonds is 6. The first-order valence-electron chi connectivity index (χ1n) is 10.0. The van der Waals surface area contributed by atoms with E-state index in [4.69, 9.17) is 4.98 Å². The summed E-state index contributed by atoms with van der Waals surface area (Å²) in [5.74, 6) is 0.254. The fourth-order valence-corrected chi connectivity index (χ4v) is 3.31. The van der Waals surface area contributed by atoms with E-state index in [2.05, 4.69) is 58.8 Å². The van der Waals surface area contributed by atoms with Gasteiger partial charge in [0, 0.05) is 24.3 Å². The van der Waals surface area contributed by atoms with Crippen molar-refractivity contribution in [2.75, 3.05) is 0 Å². The molecule has 0 unspecified atom stereocenters. The summed E-state index contributed by atoms with van der Waals surface area (Å²) in [7, 11) is 0. The summed E-state index contributed by atoms with van der Waals surface area (Å²) in [6.07, 6.45) is 1.78. The topological polar surface area (TPSA) is 51.0 Å². The molecule has 0 saturated heterocycles. The number of benzene rings is 1. The molecule has 1 aromatic carbocycles. The molecule has 0 aliphatic carbocycles. The first-order valence-corrected chi connectivity index (χ1v) is 10.0. The van der Waals surface area contributed by atoms with Crippen molar-refractivity contribution in [2.45, 2.75) is 66.1 Å². The number of hydrogen-bond donors (Lipinski definition) is 0. The van der Waals surface area contributed by atoms with Crippen LogP contribution in [0.3, 0.4) is 0 Å². The van der Waals surface area contributed by atoms with Crippen LogP contribution in [0.25, 0.3) is 11.0 Å². The Morgan fingerprint density at radius 2 is 1.75 bits per heavy atom. The predicted octanol–water partition coefficient (Wildman–Crippen LogP) is 5.19. The summed E-state index contributed by atoms with van der Waals surface area (Å²) < 4.78 is 1.90. The third-order valence-corrected chi connectivity index (χ3v) is 4.98. The minimum atomic E-state index is 0.0245. The zero-order chi connectivity index (χ0) is 20.4. The van der Waals surface area contributed by atoms with Crippen LogP contribution >= 0.6 is 0 Å². The number of nitrogens with zero attached hydrogens (tertiary/aromatic N) is 4. The van der Waals surface area contributed by atoms with Crippen molar-refractivity contribution >= 4 is 16.9 Å². The van der Waals surface area contributed by atoms with E-state index in [9.17, 15) is 4.79 Å². The number of fused-ring (bicyclic) bond motifs is 1. The standard InChI is InChI=1S/C23H30N4O/c1-15(2)21-12-19(20-13-24-27(17(5)6)22(20)25-21)23(28)26(16(3)4)14-18-10-8-7-9-11-18/h7-13,15-17H,14H2,1-6H3. The molecule has 0 aliphatic rings. The molecule has 3 aromatic rings. The van der Waals surface area contributed by atoms with E-state index in [0.717, 1.165) is 22.3 Å². The molecule has 0 bridgehead atoms. The third-order valence-electron chi connectivity index (χ3n) is 4.98. The number of carbonyl (C=O) groups is 1. The Bertz CT molecular complexity index is 957. The highest BCUT2D eigenvalue weighted by Crippen LogP contribution is 2.26. The van der Waals surface area contributed by atoms with Gasteiger partial charge in [0.1, 0.15) is 0 Å². The lowest BCUT2D eigenvalue weighted by molar-refractivity contribution is 0.0692. The van der Waals surface area contributed by atoms with Crippen LogP contribution in [0.2, 0.25) is 0 Å². The minimum absolute atomic E-state index is 0.0245. The molecule has 2 aromatic heterocycles. The molecule has 0 radical (unpaired) electrons. The van der Waals surface area contributed by atoms with Crippen LogP contribution in [0.15, 0.2) is 42.6 Å². The quantitative estimate of drug-likeness (QED) is 0.593. The van der Waals surface area contributed by atoms with Gasteiger partial charge < -0.3 is 4.90 Å². The largest absolute Gasteiger partial charge is 0.332 e. The second-order valence-corrected chi connectivity index (χ2v) is 8.18. The van der Waals surface area contributed by atoms with Crippen molar-refractivity contribution in [1.82, 2.24) is 19.7 Å². The molecule has 28 heavy (non-hydrogen) atoms. The van der Waals surface area contributed by atoms with Gasteiger partial charge in [-0.1, -0.05) is 44.2 Å². The summed E-state index contributed by atoms with van der Waals surface area (Å²) >= 11 is 0. The van der Waals surface area contributed by atoms with Crippen molar-refractivity contribution in [3.05, 3.63) is 59.4 Å². The maximum atomic E-state index is 13.6. The number of aromatic nitrogens is 3. The monoisotopic (exact) mass is 378 g/mol. The van der Waals surface area contributed by atoms with Crippen LogP contribution < -0.4 is 0 Å². The molecule has 5 nitrogen and oxygen atoms in total. The molecular weight excluding hydrogens is 348 g/mol. The van der Waals surface area contributed by atoms with E-state index in [0.29, 0.717) is 12.1 Å². The van der Waals surface area contributed by atoms with Gasteiger partial charge in [-0.05, 0) is 45.2 Å². The number of amides is 1. The van der Waals surface area contributed by atoms with E-state index in [1.165, 1.54) is 0 Å². The Hall–Kier alpha value is -2.69. The summed E-state index contributed by atoms with van der Waals surface area (Å²) in [4.78, 5) is 20.4. The molecule has 148 valence electrons. The molecule has 0 atom stereocenters. The number of carbonyl (C=O) groups excluding carboxylic acids is 1. The van der Waals surface area contributed by atoms with Gasteiger partial charge >= 0.3 is 0 Å². The van der Waals surface area contributed by atoms with Gasteiger partial charge in [-0.25, -0.2) is 9.67 Å². The van der Waals surface area contributed by atoms with Crippen LogP contribution in [-0.2, 0) is 6.54 Å². The molecule has 1 amide bonds. The van der Waals surface area contributed by atoms with Gasteiger partial charge in [0.05, 0.1) is 17.1 Å². The summed E-state index contributed by atoms with van der Waals surface area (Å²) in [6.45, 7) is 13.0. The fraction of sp³-hybridized carbons (Fsp3) is 0.435. The molecular formula is C23H30N4O. The highest BCUT2D eigenvalue weighted by Gasteiger charge is 2.24. The summed E-state index contributed by atoms with van der Waals surface area (Å²) in [5, 5.41) is 5.33. The van der Waals surface area contributed by atoms with Crippen LogP contribution in [0, 0.1) is 0 Å². The van der Waals surface area contributed by atoms with Crippen LogP contribution in [0.1, 0.15) is 75.1 Å². The smallest absolute Gasteiger partial charge is 0.255 e. The van der Waals surface area contributed by atoms with Gasteiger partial charge in [-0.3, -0.25) is 4.79 Å². The SMILES string of the molecule is CC(C)c1cc(C(=O)N(Cc2ccccc2)C(C)C)c2cnn(C(C)C)c2n1. The van der Waals surface area contributed by atoms with Gasteiger partial charge in [-0.2, -0.15) is 5.10 Å². The lowest BCUT2D eigenvalue weighted by Gasteiger charge is -2.27. The maximum absolute atomic E-state index is 13.6.